The van der Waals surface area contributed by atoms with Gasteiger partial charge in [-0.3, -0.25) is 4.79 Å². The van der Waals surface area contributed by atoms with E-state index in [9.17, 15) is 4.79 Å². The van der Waals surface area contributed by atoms with Crippen molar-refractivity contribution in [2.45, 2.75) is 24.3 Å². The lowest BCUT2D eigenvalue weighted by molar-refractivity contribution is -0.115. The van der Waals surface area contributed by atoms with E-state index in [1.54, 1.807) is 18.1 Å². The molecular weight excluding hydrogens is 342 g/mol. The average Bonchev–Trinajstić information content (AvgIpc) is 3.16. The molecule has 3 aromatic rings. The Morgan fingerprint density at radius 3 is 2.83 bits per heavy atom. The van der Waals surface area contributed by atoms with Crippen molar-refractivity contribution < 1.29 is 4.79 Å². The van der Waals surface area contributed by atoms with E-state index in [1.165, 1.54) is 11.3 Å². The zero-order valence-corrected chi connectivity index (χ0v) is 15.0. The number of amides is 1. The molecule has 0 saturated heterocycles. The van der Waals surface area contributed by atoms with Gasteiger partial charge < -0.3 is 9.88 Å². The van der Waals surface area contributed by atoms with E-state index in [-0.39, 0.29) is 12.3 Å². The molecule has 0 fully saturated rings. The Balaban J connectivity index is 1.52. The summed E-state index contributed by atoms with van der Waals surface area (Å²) in [6.45, 7) is 2.02. The Morgan fingerprint density at radius 2 is 2.12 bits per heavy atom. The number of hydrogen-bond acceptors (Lipinski definition) is 6. The highest BCUT2D eigenvalue weighted by Crippen LogP contribution is 2.21. The maximum atomic E-state index is 12.1. The molecule has 0 spiro atoms. The van der Waals surface area contributed by atoms with Crippen molar-refractivity contribution in [1.82, 2.24) is 19.7 Å². The van der Waals surface area contributed by atoms with Crippen molar-refractivity contribution in [3.05, 3.63) is 52.2 Å². The fourth-order valence-electron chi connectivity index (χ4n) is 2.02. The minimum absolute atomic E-state index is 0.0549. The highest BCUT2D eigenvalue weighted by Gasteiger charge is 2.10. The van der Waals surface area contributed by atoms with Crippen LogP contribution in [0.1, 0.15) is 16.3 Å². The van der Waals surface area contributed by atoms with Gasteiger partial charge in [-0.05, 0) is 19.1 Å². The van der Waals surface area contributed by atoms with Gasteiger partial charge >= 0.3 is 0 Å². The Bertz CT molecular complexity index is 825. The summed E-state index contributed by atoms with van der Waals surface area (Å²) >= 11 is 3.08. The predicted octanol–water partition coefficient (Wildman–Crippen LogP) is 3.05. The first-order chi connectivity index (χ1) is 11.6. The number of carbonyl (C=O) groups is 1. The lowest BCUT2D eigenvalue weighted by Crippen LogP contribution is -2.14. The molecule has 124 valence electrons. The molecular formula is C16H17N5OS2. The van der Waals surface area contributed by atoms with Crippen molar-refractivity contribution in [1.29, 1.82) is 0 Å². The molecule has 24 heavy (non-hydrogen) atoms. The number of anilines is 1. The van der Waals surface area contributed by atoms with Crippen LogP contribution in [0.15, 0.2) is 41.1 Å². The summed E-state index contributed by atoms with van der Waals surface area (Å²) in [4.78, 5) is 16.6. The van der Waals surface area contributed by atoms with Gasteiger partial charge in [0.1, 0.15) is 11.3 Å². The molecule has 0 aliphatic rings. The molecule has 0 radical (unpaired) electrons. The van der Waals surface area contributed by atoms with Gasteiger partial charge in [-0.15, -0.1) is 21.5 Å². The zero-order valence-electron chi connectivity index (χ0n) is 13.4. The number of nitrogens with one attached hydrogen (secondary N) is 1. The number of nitrogens with zero attached hydrogens (tertiary/aromatic N) is 4. The van der Waals surface area contributed by atoms with Gasteiger partial charge in [0.15, 0.2) is 5.16 Å². The lowest BCUT2D eigenvalue weighted by Gasteiger charge is -2.04. The summed E-state index contributed by atoms with van der Waals surface area (Å²) in [5, 5.41) is 14.4. The fraction of sp³-hybridized carbons (Fsp3) is 0.250. The van der Waals surface area contributed by atoms with Crippen LogP contribution in [0.3, 0.4) is 0 Å². The quantitative estimate of drug-likeness (QED) is 0.685. The topological polar surface area (TPSA) is 72.7 Å². The van der Waals surface area contributed by atoms with Crippen molar-refractivity contribution >= 4 is 34.7 Å². The zero-order chi connectivity index (χ0) is 16.9. The molecule has 3 rings (SSSR count). The molecule has 8 heteroatoms. The van der Waals surface area contributed by atoms with Gasteiger partial charge in [-0.25, -0.2) is 4.98 Å². The number of aromatic nitrogens is 4. The van der Waals surface area contributed by atoms with Crippen LogP contribution in [0.2, 0.25) is 0 Å². The lowest BCUT2D eigenvalue weighted by atomic mass is 10.2. The van der Waals surface area contributed by atoms with Crippen LogP contribution in [-0.4, -0.2) is 25.7 Å². The van der Waals surface area contributed by atoms with E-state index in [2.05, 4.69) is 20.5 Å². The molecule has 1 N–H and O–H groups in total. The van der Waals surface area contributed by atoms with Gasteiger partial charge in [0.05, 0.1) is 12.1 Å². The van der Waals surface area contributed by atoms with E-state index in [0.29, 0.717) is 5.75 Å². The molecule has 0 saturated carbocycles. The molecule has 2 heterocycles. The smallest absolute Gasteiger partial charge is 0.231 e. The summed E-state index contributed by atoms with van der Waals surface area (Å²) in [7, 11) is 1.91. The highest BCUT2D eigenvalue weighted by atomic mass is 32.2. The Hall–Kier alpha value is -2.19. The van der Waals surface area contributed by atoms with Gasteiger partial charge in [0.2, 0.25) is 5.91 Å². The molecule has 0 aliphatic heterocycles. The summed E-state index contributed by atoms with van der Waals surface area (Å²) in [6.07, 6.45) is 1.96. The van der Waals surface area contributed by atoms with Crippen molar-refractivity contribution in [3.63, 3.8) is 0 Å². The molecule has 0 bridgehead atoms. The summed E-state index contributed by atoms with van der Waals surface area (Å²) in [6, 6.07) is 7.75. The van der Waals surface area contributed by atoms with Crippen molar-refractivity contribution in [2.24, 2.45) is 7.05 Å². The summed E-state index contributed by atoms with van der Waals surface area (Å²) < 4.78 is 1.87. The third-order valence-electron chi connectivity index (χ3n) is 3.27. The van der Waals surface area contributed by atoms with Gasteiger partial charge in [-0.2, -0.15) is 0 Å². The van der Waals surface area contributed by atoms with Gasteiger partial charge in [-0.1, -0.05) is 29.5 Å². The van der Waals surface area contributed by atoms with Crippen molar-refractivity contribution in [2.75, 3.05) is 5.32 Å². The third kappa shape index (κ3) is 4.42. The fourth-order valence-corrected chi connectivity index (χ4v) is 3.70. The second kappa shape index (κ2) is 7.59. The largest absolute Gasteiger partial charge is 0.326 e. The van der Waals surface area contributed by atoms with Crippen LogP contribution in [0.4, 0.5) is 5.69 Å². The first-order valence-electron chi connectivity index (χ1n) is 7.37. The number of carbonyl (C=O) groups excluding carboxylic acids is 1. The van der Waals surface area contributed by atoms with Crippen LogP contribution < -0.4 is 5.32 Å². The van der Waals surface area contributed by atoms with E-state index in [4.69, 9.17) is 0 Å². The number of rotatable bonds is 6. The molecule has 0 aliphatic carbocycles. The van der Waals surface area contributed by atoms with Crippen LogP contribution in [0.5, 0.6) is 0 Å². The maximum absolute atomic E-state index is 12.1. The number of aryl methyl sites for hydroxylation is 2. The number of thioether (sulfide) groups is 1. The van der Waals surface area contributed by atoms with Crippen LogP contribution in [0, 0.1) is 6.92 Å². The second-order valence-electron chi connectivity index (χ2n) is 5.34. The first-order valence-corrected chi connectivity index (χ1v) is 9.23. The number of benzene rings is 1. The molecule has 0 unspecified atom stereocenters. The average molecular weight is 359 g/mol. The molecule has 2 aromatic heterocycles. The van der Waals surface area contributed by atoms with Gasteiger partial charge in [0, 0.05) is 23.9 Å². The SMILES string of the molecule is Cc1ccc(NC(=O)Cc2nc(CSc3nncn3C)cs2)cc1. The van der Waals surface area contributed by atoms with E-state index in [1.807, 2.05) is 48.2 Å². The van der Waals surface area contributed by atoms with Crippen LogP contribution in [0.25, 0.3) is 0 Å². The number of thiazole rings is 1. The Kier molecular flexibility index (Phi) is 5.27. The second-order valence-corrected chi connectivity index (χ2v) is 7.22. The molecule has 0 atom stereocenters. The maximum Gasteiger partial charge on any atom is 0.231 e. The predicted molar refractivity (Wildman–Crippen MR) is 96.2 cm³/mol. The normalized spacial score (nSPS) is 10.8. The minimum atomic E-state index is -0.0549. The van der Waals surface area contributed by atoms with Crippen LogP contribution >= 0.6 is 23.1 Å². The highest BCUT2D eigenvalue weighted by molar-refractivity contribution is 7.98. The summed E-state index contributed by atoms with van der Waals surface area (Å²) in [5.74, 6) is 0.656. The molecule has 1 amide bonds. The third-order valence-corrected chi connectivity index (χ3v) is 5.23. The van der Waals surface area contributed by atoms with E-state index >= 15 is 0 Å². The Morgan fingerprint density at radius 1 is 1.33 bits per heavy atom. The molecule has 6 nitrogen and oxygen atoms in total. The van der Waals surface area contributed by atoms with Gasteiger partial charge in [0.25, 0.3) is 0 Å². The van der Waals surface area contributed by atoms with Crippen LogP contribution in [-0.2, 0) is 24.0 Å². The van der Waals surface area contributed by atoms with Crippen molar-refractivity contribution in [3.8, 4) is 0 Å². The van der Waals surface area contributed by atoms with E-state index < -0.39 is 0 Å². The minimum Gasteiger partial charge on any atom is -0.326 e. The first kappa shape index (κ1) is 16.7. The Labute approximate surface area is 148 Å². The number of hydrogen-bond donors (Lipinski definition) is 1. The van der Waals surface area contributed by atoms with E-state index in [0.717, 1.165) is 27.1 Å². The monoisotopic (exact) mass is 359 g/mol. The molecule has 1 aromatic carbocycles. The standard InChI is InChI=1S/C16H17N5OS2/c1-11-3-5-12(6-4-11)18-14(22)7-15-19-13(8-23-15)9-24-16-20-17-10-21(16)2/h3-6,8,10H,7,9H2,1-2H3,(H,18,22). The summed E-state index contributed by atoms with van der Waals surface area (Å²) in [5.41, 5.74) is 2.92.